The minimum Gasteiger partial charge on any atom is -0.399 e. The molecule has 98 valence electrons. The third-order valence-corrected chi connectivity index (χ3v) is 4.05. The summed E-state index contributed by atoms with van der Waals surface area (Å²) >= 11 is 0. The van der Waals surface area contributed by atoms with Crippen molar-refractivity contribution < 1.29 is 4.39 Å². The lowest BCUT2D eigenvalue weighted by molar-refractivity contribution is 0.613. The van der Waals surface area contributed by atoms with Gasteiger partial charge in [0, 0.05) is 5.69 Å². The zero-order chi connectivity index (χ0) is 13.6. The molecule has 0 heterocycles. The molecule has 0 aliphatic heterocycles. The molecule has 3 rings (SSSR count). The lowest BCUT2D eigenvalue weighted by Crippen LogP contribution is -1.97. The van der Waals surface area contributed by atoms with E-state index in [1.165, 1.54) is 27.8 Å². The molecular formula is C17H18FN. The van der Waals surface area contributed by atoms with Gasteiger partial charge in [-0.2, -0.15) is 0 Å². The number of hydrogen-bond donors (Lipinski definition) is 1. The van der Waals surface area contributed by atoms with E-state index in [9.17, 15) is 4.39 Å². The molecule has 1 aliphatic rings. The second-order valence-electron chi connectivity index (χ2n) is 5.44. The number of anilines is 1. The van der Waals surface area contributed by atoms with Gasteiger partial charge in [0.1, 0.15) is 5.82 Å². The summed E-state index contributed by atoms with van der Waals surface area (Å²) in [6.07, 6.45) is 2.89. The average molecular weight is 255 g/mol. The topological polar surface area (TPSA) is 26.0 Å². The first kappa shape index (κ1) is 12.2. The van der Waals surface area contributed by atoms with Crippen LogP contribution in [0.5, 0.6) is 0 Å². The van der Waals surface area contributed by atoms with Gasteiger partial charge in [-0.1, -0.05) is 6.07 Å². The number of hydrogen-bond acceptors (Lipinski definition) is 1. The second kappa shape index (κ2) is 4.37. The van der Waals surface area contributed by atoms with Crippen molar-refractivity contribution in [2.24, 2.45) is 0 Å². The maximum Gasteiger partial charge on any atom is 0.126 e. The number of rotatable bonds is 1. The smallest absolute Gasteiger partial charge is 0.126 e. The molecule has 0 spiro atoms. The number of benzene rings is 2. The fourth-order valence-electron chi connectivity index (χ4n) is 3.32. The first-order valence-corrected chi connectivity index (χ1v) is 6.75. The van der Waals surface area contributed by atoms with Crippen LogP contribution in [0.2, 0.25) is 0 Å². The largest absolute Gasteiger partial charge is 0.399 e. The summed E-state index contributed by atoms with van der Waals surface area (Å²) in [7, 11) is 0. The van der Waals surface area contributed by atoms with E-state index in [-0.39, 0.29) is 5.82 Å². The van der Waals surface area contributed by atoms with Crippen molar-refractivity contribution in [2.45, 2.75) is 33.1 Å². The molecule has 2 N–H and O–H groups in total. The Labute approximate surface area is 113 Å². The molecule has 2 aromatic carbocycles. The highest BCUT2D eigenvalue weighted by Crippen LogP contribution is 2.37. The number of fused-ring (bicyclic) bond motifs is 1. The van der Waals surface area contributed by atoms with Gasteiger partial charge in [0.15, 0.2) is 0 Å². The summed E-state index contributed by atoms with van der Waals surface area (Å²) in [6, 6.07) is 7.51. The van der Waals surface area contributed by atoms with E-state index in [1.807, 2.05) is 18.2 Å². The van der Waals surface area contributed by atoms with Crippen molar-refractivity contribution in [1.29, 1.82) is 0 Å². The van der Waals surface area contributed by atoms with Gasteiger partial charge in [-0.25, -0.2) is 4.39 Å². The molecule has 0 fully saturated rings. The molecule has 2 heteroatoms. The van der Waals surface area contributed by atoms with Crippen molar-refractivity contribution in [1.82, 2.24) is 0 Å². The maximum absolute atomic E-state index is 13.8. The molecule has 0 aromatic heterocycles. The molecule has 1 nitrogen and oxygen atoms in total. The second-order valence-corrected chi connectivity index (χ2v) is 5.44. The maximum atomic E-state index is 13.8. The van der Waals surface area contributed by atoms with E-state index >= 15 is 0 Å². The zero-order valence-electron chi connectivity index (χ0n) is 11.4. The van der Waals surface area contributed by atoms with Gasteiger partial charge < -0.3 is 5.73 Å². The van der Waals surface area contributed by atoms with Crippen LogP contribution >= 0.6 is 0 Å². The predicted octanol–water partition coefficient (Wildman–Crippen LogP) is 4.18. The molecule has 0 atom stereocenters. The molecule has 1 aliphatic carbocycles. The fourth-order valence-corrected chi connectivity index (χ4v) is 3.32. The van der Waals surface area contributed by atoms with Crippen molar-refractivity contribution in [3.8, 4) is 11.1 Å². The molecule has 2 aromatic rings. The van der Waals surface area contributed by atoms with Gasteiger partial charge in [0.25, 0.3) is 0 Å². The minimum absolute atomic E-state index is 0.0537. The van der Waals surface area contributed by atoms with Crippen molar-refractivity contribution in [3.63, 3.8) is 0 Å². The van der Waals surface area contributed by atoms with E-state index in [1.54, 1.807) is 6.07 Å². The predicted molar refractivity (Wildman–Crippen MR) is 77.7 cm³/mol. The Bertz CT molecular complexity index is 636. The van der Waals surface area contributed by atoms with Crippen LogP contribution in [0.25, 0.3) is 11.1 Å². The van der Waals surface area contributed by atoms with E-state index in [0.29, 0.717) is 0 Å². The van der Waals surface area contributed by atoms with Gasteiger partial charge in [-0.05, 0) is 84.7 Å². The number of nitrogens with two attached hydrogens (primary N) is 1. The first-order valence-electron chi connectivity index (χ1n) is 6.75. The summed E-state index contributed by atoms with van der Waals surface area (Å²) in [5.74, 6) is -0.0537. The van der Waals surface area contributed by atoms with Crippen molar-refractivity contribution in [3.05, 3.63) is 52.3 Å². The Morgan fingerprint density at radius 1 is 1.00 bits per heavy atom. The molecule has 0 amide bonds. The molecule has 0 saturated heterocycles. The monoisotopic (exact) mass is 255 g/mol. The van der Waals surface area contributed by atoms with Crippen LogP contribution < -0.4 is 5.73 Å². The normalized spacial score (nSPS) is 13.6. The van der Waals surface area contributed by atoms with E-state index in [2.05, 4.69) is 13.8 Å². The fraction of sp³-hybridized carbons (Fsp3) is 0.294. The highest BCUT2D eigenvalue weighted by molar-refractivity contribution is 5.77. The van der Waals surface area contributed by atoms with Gasteiger partial charge in [-0.3, -0.25) is 0 Å². The number of aryl methyl sites for hydroxylation is 2. The molecule has 0 bridgehead atoms. The Morgan fingerprint density at radius 2 is 1.63 bits per heavy atom. The third-order valence-electron chi connectivity index (χ3n) is 4.05. The molecule has 0 saturated carbocycles. The van der Waals surface area contributed by atoms with Crippen LogP contribution in [0.1, 0.15) is 28.7 Å². The molecular weight excluding hydrogens is 237 g/mol. The highest BCUT2D eigenvalue weighted by Gasteiger charge is 2.21. The van der Waals surface area contributed by atoms with Gasteiger partial charge in [0.05, 0.1) is 0 Å². The number of halogens is 1. The van der Waals surface area contributed by atoms with Crippen LogP contribution in [-0.2, 0) is 12.8 Å². The Balaban J connectivity index is 2.27. The Kier molecular flexibility index (Phi) is 2.81. The van der Waals surface area contributed by atoms with Crippen LogP contribution in [-0.4, -0.2) is 0 Å². The minimum atomic E-state index is -0.0537. The summed E-state index contributed by atoms with van der Waals surface area (Å²) < 4.78 is 13.8. The summed E-state index contributed by atoms with van der Waals surface area (Å²) in [5, 5.41) is 0. The zero-order valence-corrected chi connectivity index (χ0v) is 11.4. The third kappa shape index (κ3) is 1.92. The lowest BCUT2D eigenvalue weighted by Gasteiger charge is -2.15. The summed E-state index contributed by atoms with van der Waals surface area (Å²) in [5.41, 5.74) is 13.5. The highest BCUT2D eigenvalue weighted by atomic mass is 19.1. The van der Waals surface area contributed by atoms with Crippen molar-refractivity contribution >= 4 is 5.69 Å². The van der Waals surface area contributed by atoms with Gasteiger partial charge >= 0.3 is 0 Å². The van der Waals surface area contributed by atoms with Crippen molar-refractivity contribution in [2.75, 3.05) is 5.73 Å². The SMILES string of the molecule is Cc1cc(N)cc(C)c1-c1ccc(F)c2c1CCC2. The standard InChI is InChI=1S/C17H18FN/c1-10-8-12(19)9-11(2)17(10)15-6-7-16(18)14-5-3-4-13(14)15/h6-9H,3-5,19H2,1-2H3. The average Bonchev–Trinajstić information content (AvgIpc) is 2.80. The van der Waals surface area contributed by atoms with E-state index < -0.39 is 0 Å². The van der Waals surface area contributed by atoms with E-state index in [0.717, 1.165) is 30.5 Å². The summed E-state index contributed by atoms with van der Waals surface area (Å²) in [6.45, 7) is 4.15. The van der Waals surface area contributed by atoms with Gasteiger partial charge in [-0.15, -0.1) is 0 Å². The van der Waals surface area contributed by atoms with Crippen LogP contribution in [0.3, 0.4) is 0 Å². The molecule has 19 heavy (non-hydrogen) atoms. The quantitative estimate of drug-likeness (QED) is 0.760. The van der Waals surface area contributed by atoms with Crippen LogP contribution in [0, 0.1) is 19.7 Å². The van der Waals surface area contributed by atoms with Crippen LogP contribution in [0.15, 0.2) is 24.3 Å². The number of nitrogen functional groups attached to an aromatic ring is 1. The van der Waals surface area contributed by atoms with E-state index in [4.69, 9.17) is 5.73 Å². The first-order chi connectivity index (χ1) is 9.08. The molecule has 0 unspecified atom stereocenters. The summed E-state index contributed by atoms with van der Waals surface area (Å²) in [4.78, 5) is 0. The molecule has 0 radical (unpaired) electrons. The Hall–Kier alpha value is -1.83. The Morgan fingerprint density at radius 3 is 2.32 bits per heavy atom. The van der Waals surface area contributed by atoms with Gasteiger partial charge in [0.2, 0.25) is 0 Å². The lowest BCUT2D eigenvalue weighted by atomic mass is 9.90. The van der Waals surface area contributed by atoms with Crippen LogP contribution in [0.4, 0.5) is 10.1 Å².